The van der Waals surface area contributed by atoms with Crippen LogP contribution in [0.5, 0.6) is 11.5 Å². The van der Waals surface area contributed by atoms with Crippen molar-refractivity contribution in [3.05, 3.63) is 57.4 Å². The smallest absolute Gasteiger partial charge is 0.134 e. The second-order valence-corrected chi connectivity index (χ2v) is 7.12. The zero-order valence-corrected chi connectivity index (χ0v) is 14.6. The van der Waals surface area contributed by atoms with Crippen molar-refractivity contribution in [1.29, 1.82) is 0 Å². The van der Waals surface area contributed by atoms with E-state index in [1.165, 1.54) is 6.07 Å². The Morgan fingerprint density at radius 1 is 1.10 bits per heavy atom. The van der Waals surface area contributed by atoms with Crippen molar-refractivity contribution in [3.63, 3.8) is 0 Å². The second kappa shape index (κ2) is 6.75. The van der Waals surface area contributed by atoms with Crippen molar-refractivity contribution in [1.82, 2.24) is 5.32 Å². The number of halogens is 2. The van der Waals surface area contributed by atoms with Crippen LogP contribution in [-0.2, 0) is 6.54 Å². The molecule has 0 unspecified atom stereocenters. The Morgan fingerprint density at radius 2 is 1.76 bits per heavy atom. The van der Waals surface area contributed by atoms with E-state index in [0.717, 1.165) is 3.57 Å². The number of hydrogen-bond acceptors (Lipinski definition) is 2. The summed E-state index contributed by atoms with van der Waals surface area (Å²) in [6, 6.07) is 12.6. The molecule has 0 saturated heterocycles. The highest BCUT2D eigenvalue weighted by molar-refractivity contribution is 14.1. The average molecular weight is 399 g/mol. The predicted molar refractivity (Wildman–Crippen MR) is 92.2 cm³/mol. The van der Waals surface area contributed by atoms with Crippen LogP contribution < -0.4 is 10.1 Å². The number of hydrogen-bond donors (Lipinski definition) is 1. The molecule has 2 rings (SSSR count). The molecule has 0 aliphatic heterocycles. The third kappa shape index (κ3) is 4.97. The molecule has 0 radical (unpaired) electrons. The molecule has 0 heterocycles. The number of nitrogens with one attached hydrogen (secondary N) is 1. The first kappa shape index (κ1) is 16.2. The SMILES string of the molecule is CC(C)(C)NCc1c(F)cccc1Oc1ccc(I)cc1. The minimum absolute atomic E-state index is 0.0809. The van der Waals surface area contributed by atoms with Crippen LogP contribution in [0.3, 0.4) is 0 Å². The summed E-state index contributed by atoms with van der Waals surface area (Å²) >= 11 is 2.24. The summed E-state index contributed by atoms with van der Waals surface area (Å²) in [5, 5.41) is 3.29. The minimum Gasteiger partial charge on any atom is -0.457 e. The van der Waals surface area contributed by atoms with Crippen LogP contribution in [0, 0.1) is 9.39 Å². The highest BCUT2D eigenvalue weighted by atomic mass is 127. The van der Waals surface area contributed by atoms with Gasteiger partial charge in [0.25, 0.3) is 0 Å². The third-order valence-electron chi connectivity index (χ3n) is 2.91. The lowest BCUT2D eigenvalue weighted by atomic mass is 10.1. The summed E-state index contributed by atoms with van der Waals surface area (Å²) < 4.78 is 21.0. The standard InChI is InChI=1S/C17H19FINO/c1-17(2,3)20-11-14-15(18)5-4-6-16(14)21-13-9-7-12(19)8-10-13/h4-10,20H,11H2,1-3H3. The fraction of sp³-hybridized carbons (Fsp3) is 0.294. The first-order chi connectivity index (χ1) is 9.85. The van der Waals surface area contributed by atoms with Gasteiger partial charge in [-0.15, -0.1) is 0 Å². The van der Waals surface area contributed by atoms with E-state index in [9.17, 15) is 4.39 Å². The van der Waals surface area contributed by atoms with Gasteiger partial charge in [0.15, 0.2) is 0 Å². The van der Waals surface area contributed by atoms with Crippen LogP contribution in [0.1, 0.15) is 26.3 Å². The van der Waals surface area contributed by atoms with Gasteiger partial charge >= 0.3 is 0 Å². The van der Waals surface area contributed by atoms with Gasteiger partial charge in [0.1, 0.15) is 17.3 Å². The highest BCUT2D eigenvalue weighted by Gasteiger charge is 2.14. The molecule has 0 bridgehead atoms. The lowest BCUT2D eigenvalue weighted by molar-refractivity contribution is 0.406. The maximum absolute atomic E-state index is 14.1. The highest BCUT2D eigenvalue weighted by Crippen LogP contribution is 2.28. The molecule has 21 heavy (non-hydrogen) atoms. The van der Waals surface area contributed by atoms with E-state index in [-0.39, 0.29) is 11.4 Å². The maximum atomic E-state index is 14.1. The van der Waals surface area contributed by atoms with Gasteiger partial charge in [0.05, 0.1) is 0 Å². The fourth-order valence-corrected chi connectivity index (χ4v) is 2.15. The Hall–Kier alpha value is -1.14. The lowest BCUT2D eigenvalue weighted by Gasteiger charge is -2.22. The fourth-order valence-electron chi connectivity index (χ4n) is 1.79. The molecular weight excluding hydrogens is 380 g/mol. The molecule has 0 aliphatic carbocycles. The largest absolute Gasteiger partial charge is 0.457 e. The van der Waals surface area contributed by atoms with E-state index in [1.54, 1.807) is 12.1 Å². The Balaban J connectivity index is 2.22. The molecule has 0 saturated carbocycles. The van der Waals surface area contributed by atoms with Crippen molar-refractivity contribution in [2.24, 2.45) is 0 Å². The first-order valence-corrected chi connectivity index (χ1v) is 7.89. The Kier molecular flexibility index (Phi) is 5.22. The molecule has 2 nitrogen and oxygen atoms in total. The molecule has 2 aromatic carbocycles. The Morgan fingerprint density at radius 3 is 2.38 bits per heavy atom. The normalized spacial score (nSPS) is 11.5. The van der Waals surface area contributed by atoms with Gasteiger partial charge in [-0.1, -0.05) is 6.07 Å². The quantitative estimate of drug-likeness (QED) is 0.722. The lowest BCUT2D eigenvalue weighted by Crippen LogP contribution is -2.35. The van der Waals surface area contributed by atoms with E-state index >= 15 is 0 Å². The molecule has 112 valence electrons. The summed E-state index contributed by atoms with van der Waals surface area (Å²) in [6.45, 7) is 6.57. The molecule has 0 aromatic heterocycles. The van der Waals surface area contributed by atoms with E-state index in [1.807, 2.05) is 45.0 Å². The zero-order valence-electron chi connectivity index (χ0n) is 12.4. The van der Waals surface area contributed by atoms with Gasteiger partial charge in [-0.25, -0.2) is 4.39 Å². The summed E-state index contributed by atoms with van der Waals surface area (Å²) in [7, 11) is 0. The van der Waals surface area contributed by atoms with Crippen molar-refractivity contribution in [2.45, 2.75) is 32.9 Å². The van der Waals surface area contributed by atoms with Crippen LogP contribution in [0.25, 0.3) is 0 Å². The number of ether oxygens (including phenoxy) is 1. The van der Waals surface area contributed by atoms with Gasteiger partial charge in [0, 0.05) is 21.2 Å². The van der Waals surface area contributed by atoms with Crippen LogP contribution in [-0.4, -0.2) is 5.54 Å². The van der Waals surface area contributed by atoms with Crippen molar-refractivity contribution < 1.29 is 9.13 Å². The van der Waals surface area contributed by atoms with Crippen molar-refractivity contribution in [3.8, 4) is 11.5 Å². The molecule has 0 amide bonds. The third-order valence-corrected chi connectivity index (χ3v) is 3.63. The van der Waals surface area contributed by atoms with Gasteiger partial charge in [-0.05, 0) is 79.8 Å². The molecular formula is C17H19FINO. The zero-order chi connectivity index (χ0) is 15.5. The predicted octanol–water partition coefficient (Wildman–Crippen LogP) is 5.11. The first-order valence-electron chi connectivity index (χ1n) is 6.81. The van der Waals surface area contributed by atoms with E-state index in [0.29, 0.717) is 23.6 Å². The minimum atomic E-state index is -0.255. The summed E-state index contributed by atoms with van der Waals surface area (Å²) in [5.41, 5.74) is 0.466. The Labute approximate surface area is 138 Å². The van der Waals surface area contributed by atoms with Crippen LogP contribution in [0.2, 0.25) is 0 Å². The summed E-state index contributed by atoms with van der Waals surface area (Å²) in [4.78, 5) is 0. The topological polar surface area (TPSA) is 21.3 Å². The summed E-state index contributed by atoms with van der Waals surface area (Å²) in [6.07, 6.45) is 0. The molecule has 0 aliphatic rings. The van der Waals surface area contributed by atoms with Gasteiger partial charge in [0.2, 0.25) is 0 Å². The van der Waals surface area contributed by atoms with Gasteiger partial charge < -0.3 is 10.1 Å². The monoisotopic (exact) mass is 399 g/mol. The van der Waals surface area contributed by atoms with Crippen molar-refractivity contribution >= 4 is 22.6 Å². The maximum Gasteiger partial charge on any atom is 0.134 e. The van der Waals surface area contributed by atoms with Crippen LogP contribution in [0.4, 0.5) is 4.39 Å². The number of rotatable bonds is 4. The van der Waals surface area contributed by atoms with E-state index in [2.05, 4.69) is 27.9 Å². The molecule has 0 fully saturated rings. The van der Waals surface area contributed by atoms with Crippen molar-refractivity contribution in [2.75, 3.05) is 0 Å². The molecule has 4 heteroatoms. The van der Waals surface area contributed by atoms with Crippen LogP contribution >= 0.6 is 22.6 Å². The second-order valence-electron chi connectivity index (χ2n) is 5.88. The molecule has 0 atom stereocenters. The van der Waals surface area contributed by atoms with Gasteiger partial charge in [-0.3, -0.25) is 0 Å². The number of benzene rings is 2. The van der Waals surface area contributed by atoms with E-state index < -0.39 is 0 Å². The summed E-state index contributed by atoms with van der Waals surface area (Å²) in [5.74, 6) is 1.00. The van der Waals surface area contributed by atoms with E-state index in [4.69, 9.17) is 4.74 Å². The Bertz CT molecular complexity index is 605. The molecule has 1 N–H and O–H groups in total. The van der Waals surface area contributed by atoms with Gasteiger partial charge in [-0.2, -0.15) is 0 Å². The van der Waals surface area contributed by atoms with Crippen LogP contribution in [0.15, 0.2) is 42.5 Å². The molecule has 2 aromatic rings. The molecule has 0 spiro atoms. The average Bonchev–Trinajstić information content (AvgIpc) is 2.39.